The normalized spacial score (nSPS) is 21.1. The number of rotatable bonds is 3. The minimum absolute atomic E-state index is 0.633. The summed E-state index contributed by atoms with van der Waals surface area (Å²) in [6.07, 6.45) is 8.44. The second-order valence-corrected chi connectivity index (χ2v) is 4.04. The van der Waals surface area contributed by atoms with Gasteiger partial charge in [0.25, 0.3) is 0 Å². The van der Waals surface area contributed by atoms with E-state index in [9.17, 15) is 0 Å². The quantitative estimate of drug-likeness (QED) is 0.807. The van der Waals surface area contributed by atoms with Gasteiger partial charge >= 0.3 is 0 Å². The third kappa shape index (κ3) is 2.80. The number of hydrogen-bond acceptors (Lipinski definition) is 3. The van der Waals surface area contributed by atoms with Gasteiger partial charge in [-0.2, -0.15) is 10.4 Å². The highest BCUT2D eigenvalue weighted by molar-refractivity contribution is 5.21. The summed E-state index contributed by atoms with van der Waals surface area (Å²) in [6, 6.07) is 2.72. The van der Waals surface area contributed by atoms with E-state index in [0.29, 0.717) is 11.6 Å². The molecule has 1 aromatic rings. The molecular formula is C11H16N4. The van der Waals surface area contributed by atoms with Crippen molar-refractivity contribution in [3.63, 3.8) is 0 Å². The zero-order valence-corrected chi connectivity index (χ0v) is 8.82. The maximum Gasteiger partial charge on any atom is 0.102 e. The molecule has 1 N–H and O–H groups in total. The summed E-state index contributed by atoms with van der Waals surface area (Å²) in [5, 5.41) is 16.3. The first-order chi connectivity index (χ1) is 7.38. The molecule has 1 saturated heterocycles. The molecule has 2 heterocycles. The van der Waals surface area contributed by atoms with Crippen molar-refractivity contribution in [1.29, 1.82) is 5.26 Å². The van der Waals surface area contributed by atoms with Crippen LogP contribution in [0.5, 0.6) is 0 Å². The van der Waals surface area contributed by atoms with Crippen molar-refractivity contribution < 1.29 is 0 Å². The van der Waals surface area contributed by atoms with Crippen molar-refractivity contribution in [2.75, 3.05) is 6.54 Å². The molecule has 4 heteroatoms. The van der Waals surface area contributed by atoms with E-state index in [4.69, 9.17) is 5.26 Å². The Morgan fingerprint density at radius 3 is 3.20 bits per heavy atom. The van der Waals surface area contributed by atoms with E-state index in [1.807, 2.05) is 10.9 Å². The average Bonchev–Trinajstić information content (AvgIpc) is 2.76. The van der Waals surface area contributed by atoms with Gasteiger partial charge in [-0.15, -0.1) is 0 Å². The Kier molecular flexibility index (Phi) is 3.36. The molecule has 0 bridgehead atoms. The highest BCUT2D eigenvalue weighted by Crippen LogP contribution is 2.10. The number of aromatic nitrogens is 2. The van der Waals surface area contributed by atoms with Gasteiger partial charge in [0.1, 0.15) is 6.07 Å². The molecule has 0 amide bonds. The van der Waals surface area contributed by atoms with Crippen LogP contribution in [-0.2, 0) is 6.54 Å². The lowest BCUT2D eigenvalue weighted by Gasteiger charge is -2.23. The van der Waals surface area contributed by atoms with Crippen LogP contribution >= 0.6 is 0 Å². The van der Waals surface area contributed by atoms with Crippen LogP contribution in [0.25, 0.3) is 0 Å². The van der Waals surface area contributed by atoms with Gasteiger partial charge in [0.15, 0.2) is 0 Å². The first-order valence-electron chi connectivity index (χ1n) is 5.54. The molecule has 1 unspecified atom stereocenters. The summed E-state index contributed by atoms with van der Waals surface area (Å²) in [7, 11) is 0. The molecule has 1 aliphatic rings. The van der Waals surface area contributed by atoms with E-state index < -0.39 is 0 Å². The topological polar surface area (TPSA) is 53.6 Å². The van der Waals surface area contributed by atoms with Crippen molar-refractivity contribution in [3.05, 3.63) is 18.0 Å². The average molecular weight is 204 g/mol. The number of nitrogens with one attached hydrogen (secondary N) is 1. The van der Waals surface area contributed by atoms with Crippen LogP contribution in [0.3, 0.4) is 0 Å². The third-order valence-electron chi connectivity index (χ3n) is 2.88. The second-order valence-electron chi connectivity index (χ2n) is 4.04. The van der Waals surface area contributed by atoms with E-state index in [1.165, 1.54) is 19.3 Å². The first kappa shape index (κ1) is 10.2. The minimum Gasteiger partial charge on any atom is -0.314 e. The van der Waals surface area contributed by atoms with Crippen LogP contribution < -0.4 is 5.32 Å². The molecule has 0 aromatic carbocycles. The molecule has 1 atom stereocenters. The van der Waals surface area contributed by atoms with Gasteiger partial charge in [-0.05, 0) is 25.8 Å². The zero-order chi connectivity index (χ0) is 10.5. The highest BCUT2D eigenvalue weighted by atomic mass is 15.3. The lowest BCUT2D eigenvalue weighted by Crippen LogP contribution is -2.34. The summed E-state index contributed by atoms with van der Waals surface area (Å²) >= 11 is 0. The van der Waals surface area contributed by atoms with Crippen molar-refractivity contribution in [2.24, 2.45) is 0 Å². The van der Waals surface area contributed by atoms with Gasteiger partial charge in [0.2, 0.25) is 0 Å². The van der Waals surface area contributed by atoms with Gasteiger partial charge in [-0.25, -0.2) is 0 Å². The third-order valence-corrected chi connectivity index (χ3v) is 2.88. The van der Waals surface area contributed by atoms with Gasteiger partial charge in [0.05, 0.1) is 11.8 Å². The van der Waals surface area contributed by atoms with E-state index >= 15 is 0 Å². The molecule has 80 valence electrons. The Labute approximate surface area is 89.9 Å². The maximum atomic E-state index is 8.65. The van der Waals surface area contributed by atoms with Crippen molar-refractivity contribution in [1.82, 2.24) is 15.1 Å². The monoisotopic (exact) mass is 204 g/mol. The van der Waals surface area contributed by atoms with Crippen molar-refractivity contribution in [3.8, 4) is 6.07 Å². The van der Waals surface area contributed by atoms with Crippen LogP contribution in [0.4, 0.5) is 0 Å². The van der Waals surface area contributed by atoms with E-state index in [0.717, 1.165) is 19.5 Å². The predicted octanol–water partition coefficient (Wildman–Crippen LogP) is 1.29. The fourth-order valence-corrected chi connectivity index (χ4v) is 2.00. The number of piperidine rings is 1. The summed E-state index contributed by atoms with van der Waals surface area (Å²) < 4.78 is 1.86. The molecule has 1 fully saturated rings. The molecule has 15 heavy (non-hydrogen) atoms. The summed E-state index contributed by atoms with van der Waals surface area (Å²) in [6.45, 7) is 2.05. The fourth-order valence-electron chi connectivity index (χ4n) is 2.00. The molecule has 2 rings (SSSR count). The fraction of sp³-hybridized carbons (Fsp3) is 0.636. The molecular weight excluding hydrogens is 188 g/mol. The van der Waals surface area contributed by atoms with E-state index in [1.54, 1.807) is 6.20 Å². The van der Waals surface area contributed by atoms with Gasteiger partial charge in [-0.1, -0.05) is 6.42 Å². The molecule has 0 aliphatic carbocycles. The highest BCUT2D eigenvalue weighted by Gasteiger charge is 2.12. The number of aryl methyl sites for hydroxylation is 1. The summed E-state index contributed by atoms with van der Waals surface area (Å²) in [5.74, 6) is 0. The Bertz CT molecular complexity index is 344. The van der Waals surface area contributed by atoms with Crippen molar-refractivity contribution >= 4 is 0 Å². The van der Waals surface area contributed by atoms with Crippen LogP contribution in [0, 0.1) is 11.3 Å². The predicted molar refractivity (Wildman–Crippen MR) is 57.2 cm³/mol. The Balaban J connectivity index is 1.79. The lowest BCUT2D eigenvalue weighted by molar-refractivity contribution is 0.360. The smallest absolute Gasteiger partial charge is 0.102 e. The van der Waals surface area contributed by atoms with Crippen LogP contribution in [0.15, 0.2) is 12.4 Å². The Morgan fingerprint density at radius 1 is 1.60 bits per heavy atom. The van der Waals surface area contributed by atoms with Gasteiger partial charge < -0.3 is 5.32 Å². The maximum absolute atomic E-state index is 8.65. The number of hydrogen-bond donors (Lipinski definition) is 1. The SMILES string of the molecule is N#Cc1cnn(CCC2CCCCN2)c1. The first-order valence-corrected chi connectivity index (χ1v) is 5.54. The van der Waals surface area contributed by atoms with Crippen molar-refractivity contribution in [2.45, 2.75) is 38.3 Å². The lowest BCUT2D eigenvalue weighted by atomic mass is 10.0. The molecule has 1 aliphatic heterocycles. The largest absolute Gasteiger partial charge is 0.314 e. The van der Waals surface area contributed by atoms with Crippen LogP contribution in [0.1, 0.15) is 31.2 Å². The van der Waals surface area contributed by atoms with E-state index in [2.05, 4.69) is 16.5 Å². The molecule has 0 radical (unpaired) electrons. The zero-order valence-electron chi connectivity index (χ0n) is 8.82. The van der Waals surface area contributed by atoms with Gasteiger partial charge in [0, 0.05) is 18.8 Å². The second kappa shape index (κ2) is 4.94. The van der Waals surface area contributed by atoms with Crippen LogP contribution in [-0.4, -0.2) is 22.4 Å². The molecule has 1 aromatic heterocycles. The number of nitriles is 1. The minimum atomic E-state index is 0.633. The molecule has 0 saturated carbocycles. The number of nitrogens with zero attached hydrogens (tertiary/aromatic N) is 3. The molecule has 4 nitrogen and oxygen atoms in total. The molecule has 0 spiro atoms. The Morgan fingerprint density at radius 2 is 2.53 bits per heavy atom. The van der Waals surface area contributed by atoms with E-state index in [-0.39, 0.29) is 0 Å². The summed E-state index contributed by atoms with van der Waals surface area (Å²) in [5.41, 5.74) is 0.645. The Hall–Kier alpha value is -1.34. The van der Waals surface area contributed by atoms with Crippen LogP contribution in [0.2, 0.25) is 0 Å². The standard InChI is InChI=1S/C11H16N4/c12-7-10-8-14-15(9-10)6-4-11-3-1-2-5-13-11/h8-9,11,13H,1-6H2. The summed E-state index contributed by atoms with van der Waals surface area (Å²) in [4.78, 5) is 0. The van der Waals surface area contributed by atoms with Gasteiger partial charge in [-0.3, -0.25) is 4.68 Å².